The van der Waals surface area contributed by atoms with Gasteiger partial charge in [0, 0.05) is 11.4 Å². The predicted octanol–water partition coefficient (Wildman–Crippen LogP) is 8.06. The first-order chi connectivity index (χ1) is 14.0. The molecule has 4 rings (SSSR count). The molecule has 1 nitrogen and oxygen atoms in total. The van der Waals surface area contributed by atoms with Crippen molar-refractivity contribution >= 4 is 11.4 Å². The lowest BCUT2D eigenvalue weighted by atomic mass is 9.82. The van der Waals surface area contributed by atoms with Crippen LogP contribution in [-0.2, 0) is 5.41 Å². The number of hydrogen-bond donors (Lipinski definition) is 1. The minimum atomic E-state index is 0.119. The largest absolute Gasteiger partial charge is 0.356 e. The van der Waals surface area contributed by atoms with Gasteiger partial charge >= 0.3 is 0 Å². The van der Waals surface area contributed by atoms with Crippen molar-refractivity contribution in [1.82, 2.24) is 0 Å². The summed E-state index contributed by atoms with van der Waals surface area (Å²) in [5, 5.41) is 3.51. The Morgan fingerprint density at radius 2 is 0.966 bits per heavy atom. The molecule has 0 atom stereocenters. The third-order valence-electron chi connectivity index (χ3n) is 5.21. The van der Waals surface area contributed by atoms with E-state index in [1.165, 1.54) is 27.8 Å². The van der Waals surface area contributed by atoms with E-state index >= 15 is 0 Å². The molecule has 0 aliphatic heterocycles. The second kappa shape index (κ2) is 7.97. The monoisotopic (exact) mass is 377 g/mol. The first kappa shape index (κ1) is 19.0. The number of benzene rings is 4. The summed E-state index contributed by atoms with van der Waals surface area (Å²) >= 11 is 0. The van der Waals surface area contributed by atoms with Crippen molar-refractivity contribution in [2.45, 2.75) is 26.2 Å². The lowest BCUT2D eigenvalue weighted by Crippen LogP contribution is -2.12. The smallest absolute Gasteiger partial charge is 0.0384 e. The summed E-state index contributed by atoms with van der Waals surface area (Å²) in [6.45, 7) is 6.79. The number of anilines is 2. The summed E-state index contributed by atoms with van der Waals surface area (Å²) in [7, 11) is 0. The summed E-state index contributed by atoms with van der Waals surface area (Å²) in [4.78, 5) is 0. The van der Waals surface area contributed by atoms with Crippen molar-refractivity contribution < 1.29 is 0 Å². The quantitative estimate of drug-likeness (QED) is 0.379. The second-order valence-corrected chi connectivity index (χ2v) is 8.44. The van der Waals surface area contributed by atoms with Crippen LogP contribution in [0.3, 0.4) is 0 Å². The minimum Gasteiger partial charge on any atom is -0.356 e. The SMILES string of the molecule is CC(C)(C)c1ccccc1-c1ccc(Nc2ccc(-c3ccccc3)cc2)cc1. The Bertz CT molecular complexity index is 1070. The molecular formula is C28H27N. The van der Waals surface area contributed by atoms with Crippen molar-refractivity contribution in [3.05, 3.63) is 109 Å². The third kappa shape index (κ3) is 4.41. The zero-order valence-electron chi connectivity index (χ0n) is 17.3. The Balaban J connectivity index is 1.52. The molecular weight excluding hydrogens is 350 g/mol. The zero-order chi connectivity index (χ0) is 20.3. The highest BCUT2D eigenvalue weighted by Gasteiger charge is 2.18. The van der Waals surface area contributed by atoms with Gasteiger partial charge in [0.15, 0.2) is 0 Å². The molecule has 0 saturated carbocycles. The Labute approximate surface area is 174 Å². The molecule has 29 heavy (non-hydrogen) atoms. The van der Waals surface area contributed by atoms with Gasteiger partial charge < -0.3 is 5.32 Å². The van der Waals surface area contributed by atoms with Crippen LogP contribution in [0, 0.1) is 0 Å². The highest BCUT2D eigenvalue weighted by molar-refractivity contribution is 5.73. The highest BCUT2D eigenvalue weighted by Crippen LogP contribution is 2.33. The van der Waals surface area contributed by atoms with Gasteiger partial charge in [0.25, 0.3) is 0 Å². The maximum atomic E-state index is 3.51. The van der Waals surface area contributed by atoms with Crippen LogP contribution in [0.2, 0.25) is 0 Å². The van der Waals surface area contributed by atoms with Crippen LogP contribution in [0.4, 0.5) is 11.4 Å². The second-order valence-electron chi connectivity index (χ2n) is 8.44. The molecule has 0 bridgehead atoms. The molecule has 1 N–H and O–H groups in total. The summed E-state index contributed by atoms with van der Waals surface area (Å²) in [6.07, 6.45) is 0. The molecule has 0 aliphatic rings. The topological polar surface area (TPSA) is 12.0 Å². The van der Waals surface area contributed by atoms with Gasteiger partial charge in [-0.15, -0.1) is 0 Å². The van der Waals surface area contributed by atoms with E-state index in [1.807, 2.05) is 6.07 Å². The first-order valence-corrected chi connectivity index (χ1v) is 10.1. The van der Waals surface area contributed by atoms with Crippen LogP contribution >= 0.6 is 0 Å². The molecule has 0 heterocycles. The lowest BCUT2D eigenvalue weighted by molar-refractivity contribution is 0.592. The van der Waals surface area contributed by atoms with Gasteiger partial charge in [0.2, 0.25) is 0 Å². The van der Waals surface area contributed by atoms with Crippen molar-refractivity contribution in [2.75, 3.05) is 5.32 Å². The van der Waals surface area contributed by atoms with Crippen LogP contribution in [0.15, 0.2) is 103 Å². The molecule has 0 amide bonds. The zero-order valence-corrected chi connectivity index (χ0v) is 17.3. The summed E-state index contributed by atoms with van der Waals surface area (Å²) in [5.41, 5.74) is 8.69. The van der Waals surface area contributed by atoms with E-state index < -0.39 is 0 Å². The van der Waals surface area contributed by atoms with E-state index in [-0.39, 0.29) is 5.41 Å². The van der Waals surface area contributed by atoms with Gasteiger partial charge in [-0.2, -0.15) is 0 Å². The van der Waals surface area contributed by atoms with Gasteiger partial charge in [-0.25, -0.2) is 0 Å². The molecule has 0 saturated heterocycles. The molecule has 0 aromatic heterocycles. The Hall–Kier alpha value is -3.32. The van der Waals surface area contributed by atoms with E-state index in [2.05, 4.69) is 123 Å². The average Bonchev–Trinajstić information content (AvgIpc) is 2.75. The van der Waals surface area contributed by atoms with Crippen LogP contribution in [-0.4, -0.2) is 0 Å². The van der Waals surface area contributed by atoms with E-state index in [0.29, 0.717) is 0 Å². The van der Waals surface area contributed by atoms with Gasteiger partial charge in [-0.1, -0.05) is 99.6 Å². The molecule has 0 radical (unpaired) electrons. The van der Waals surface area contributed by atoms with E-state index in [0.717, 1.165) is 11.4 Å². The molecule has 0 fully saturated rings. The van der Waals surface area contributed by atoms with Crippen molar-refractivity contribution in [3.63, 3.8) is 0 Å². The molecule has 4 aromatic carbocycles. The Morgan fingerprint density at radius 1 is 0.483 bits per heavy atom. The highest BCUT2D eigenvalue weighted by atomic mass is 14.9. The Morgan fingerprint density at radius 3 is 1.55 bits per heavy atom. The summed E-state index contributed by atoms with van der Waals surface area (Å²) in [6, 6.07) is 36.4. The van der Waals surface area contributed by atoms with E-state index in [9.17, 15) is 0 Å². The fourth-order valence-corrected chi connectivity index (χ4v) is 3.67. The number of nitrogens with one attached hydrogen (secondary N) is 1. The van der Waals surface area contributed by atoms with Gasteiger partial charge in [0.1, 0.15) is 0 Å². The maximum Gasteiger partial charge on any atom is 0.0384 e. The van der Waals surface area contributed by atoms with Crippen molar-refractivity contribution in [1.29, 1.82) is 0 Å². The average molecular weight is 378 g/mol. The maximum absolute atomic E-state index is 3.51. The van der Waals surface area contributed by atoms with Crippen LogP contribution in [0.25, 0.3) is 22.3 Å². The summed E-state index contributed by atoms with van der Waals surface area (Å²) < 4.78 is 0. The standard InChI is InChI=1S/C28H27N/c1-28(2,3)27-12-8-7-11-26(27)23-15-19-25(20-16-23)29-24-17-13-22(14-18-24)21-9-5-4-6-10-21/h4-20,29H,1-3H3. The molecule has 0 aliphatic carbocycles. The van der Waals surface area contributed by atoms with E-state index in [4.69, 9.17) is 0 Å². The molecule has 0 spiro atoms. The fourth-order valence-electron chi connectivity index (χ4n) is 3.67. The van der Waals surface area contributed by atoms with Gasteiger partial charge in [-0.05, 0) is 57.5 Å². The van der Waals surface area contributed by atoms with Gasteiger partial charge in [0.05, 0.1) is 0 Å². The molecule has 1 heteroatoms. The van der Waals surface area contributed by atoms with Crippen LogP contribution < -0.4 is 5.32 Å². The molecule has 144 valence electrons. The van der Waals surface area contributed by atoms with Crippen molar-refractivity contribution in [2.24, 2.45) is 0 Å². The predicted molar refractivity (Wildman–Crippen MR) is 126 cm³/mol. The lowest BCUT2D eigenvalue weighted by Gasteiger charge is -2.23. The fraction of sp³-hybridized carbons (Fsp3) is 0.143. The summed E-state index contributed by atoms with van der Waals surface area (Å²) in [5.74, 6) is 0. The van der Waals surface area contributed by atoms with Crippen molar-refractivity contribution in [3.8, 4) is 22.3 Å². The normalized spacial score (nSPS) is 11.3. The number of hydrogen-bond acceptors (Lipinski definition) is 1. The molecule has 4 aromatic rings. The van der Waals surface area contributed by atoms with Gasteiger partial charge in [-0.3, -0.25) is 0 Å². The Kier molecular flexibility index (Phi) is 5.22. The van der Waals surface area contributed by atoms with E-state index in [1.54, 1.807) is 0 Å². The van der Waals surface area contributed by atoms with Crippen LogP contribution in [0.1, 0.15) is 26.3 Å². The molecule has 0 unspecified atom stereocenters. The minimum absolute atomic E-state index is 0.119. The number of rotatable bonds is 4. The van der Waals surface area contributed by atoms with Crippen LogP contribution in [0.5, 0.6) is 0 Å². The first-order valence-electron chi connectivity index (χ1n) is 10.1. The third-order valence-corrected chi connectivity index (χ3v) is 5.21.